The maximum atomic E-state index is 13.1. The second-order valence-corrected chi connectivity index (χ2v) is 4.55. The van der Waals surface area contributed by atoms with Crippen LogP contribution in [-0.2, 0) is 4.79 Å². The zero-order valence-electron chi connectivity index (χ0n) is 9.00. The molecular formula is C11H9F2NO2S. The molecule has 1 heterocycles. The van der Waals surface area contributed by atoms with Crippen LogP contribution in [-0.4, -0.2) is 30.2 Å². The molecule has 1 amide bonds. The number of hydrogen-bond donors (Lipinski definition) is 0. The molecule has 0 unspecified atom stereocenters. The molecule has 3 nitrogen and oxygen atoms in total. The number of anilines is 1. The Hall–Kier alpha value is -1.43. The van der Waals surface area contributed by atoms with Crippen molar-refractivity contribution < 1.29 is 18.4 Å². The normalized spacial score (nSPS) is 14.4. The lowest BCUT2D eigenvalue weighted by Crippen LogP contribution is -2.31. The van der Waals surface area contributed by atoms with E-state index in [-0.39, 0.29) is 11.3 Å². The van der Waals surface area contributed by atoms with Gasteiger partial charge in [-0.25, -0.2) is 8.78 Å². The molecule has 0 aromatic heterocycles. The third-order valence-corrected chi connectivity index (χ3v) is 3.12. The van der Waals surface area contributed by atoms with Crippen LogP contribution in [0.2, 0.25) is 0 Å². The monoisotopic (exact) mass is 257 g/mol. The van der Waals surface area contributed by atoms with Crippen molar-refractivity contribution >= 4 is 29.1 Å². The minimum absolute atomic E-state index is 0.0602. The summed E-state index contributed by atoms with van der Waals surface area (Å²) in [6, 6.07) is 1.68. The first-order valence-electron chi connectivity index (χ1n) is 4.90. The maximum absolute atomic E-state index is 13.1. The molecule has 0 fully saturated rings. The minimum Gasteiger partial charge on any atom is -0.304 e. The summed E-state index contributed by atoms with van der Waals surface area (Å²) in [6.07, 6.45) is 1.86. The second kappa shape index (κ2) is 4.44. The average Bonchev–Trinajstić information content (AvgIpc) is 2.52. The van der Waals surface area contributed by atoms with Crippen LogP contribution in [0.4, 0.5) is 14.5 Å². The Bertz CT molecular complexity index is 504. The number of rotatable bonds is 3. The minimum atomic E-state index is -1.11. The van der Waals surface area contributed by atoms with E-state index in [1.54, 1.807) is 0 Å². The van der Waals surface area contributed by atoms with Gasteiger partial charge in [-0.1, -0.05) is 0 Å². The zero-order valence-corrected chi connectivity index (χ0v) is 9.81. The Morgan fingerprint density at radius 1 is 1.24 bits per heavy atom. The van der Waals surface area contributed by atoms with Gasteiger partial charge >= 0.3 is 0 Å². The van der Waals surface area contributed by atoms with Gasteiger partial charge in [-0.2, -0.15) is 11.8 Å². The predicted molar refractivity (Wildman–Crippen MR) is 61.4 cm³/mol. The predicted octanol–water partition coefficient (Wildman–Crippen LogP) is 1.86. The quantitative estimate of drug-likeness (QED) is 0.776. The van der Waals surface area contributed by atoms with Crippen molar-refractivity contribution in [3.63, 3.8) is 0 Å². The van der Waals surface area contributed by atoms with Gasteiger partial charge < -0.3 is 4.90 Å². The van der Waals surface area contributed by atoms with E-state index in [2.05, 4.69) is 0 Å². The van der Waals surface area contributed by atoms with Gasteiger partial charge in [-0.15, -0.1) is 0 Å². The molecule has 17 heavy (non-hydrogen) atoms. The fraction of sp³-hybridized carbons (Fsp3) is 0.273. The highest BCUT2D eigenvalue weighted by atomic mass is 32.2. The summed E-state index contributed by atoms with van der Waals surface area (Å²) < 4.78 is 26.1. The van der Waals surface area contributed by atoms with E-state index in [1.165, 1.54) is 16.7 Å². The van der Waals surface area contributed by atoms with Gasteiger partial charge in [-0.3, -0.25) is 9.59 Å². The van der Waals surface area contributed by atoms with Gasteiger partial charge in [0.2, 0.25) is 0 Å². The Morgan fingerprint density at radius 3 is 2.53 bits per heavy atom. The summed E-state index contributed by atoms with van der Waals surface area (Å²) in [4.78, 5) is 24.4. The van der Waals surface area contributed by atoms with Crippen molar-refractivity contribution in [2.24, 2.45) is 0 Å². The molecule has 0 aliphatic carbocycles. The van der Waals surface area contributed by atoms with Crippen molar-refractivity contribution in [3.05, 3.63) is 29.3 Å². The second-order valence-electron chi connectivity index (χ2n) is 3.56. The van der Waals surface area contributed by atoms with Crippen LogP contribution in [0.25, 0.3) is 0 Å². The van der Waals surface area contributed by atoms with E-state index in [9.17, 15) is 18.4 Å². The van der Waals surface area contributed by atoms with E-state index >= 15 is 0 Å². The molecule has 0 atom stereocenters. The molecule has 2 rings (SSSR count). The van der Waals surface area contributed by atoms with Crippen LogP contribution in [0.15, 0.2) is 12.1 Å². The van der Waals surface area contributed by atoms with Gasteiger partial charge in [0.25, 0.3) is 11.7 Å². The van der Waals surface area contributed by atoms with Crippen LogP contribution >= 0.6 is 11.8 Å². The summed E-state index contributed by atoms with van der Waals surface area (Å²) in [7, 11) is 0. The van der Waals surface area contributed by atoms with Gasteiger partial charge in [0.05, 0.1) is 11.3 Å². The number of carbonyl (C=O) groups excluding carboxylic acids is 2. The van der Waals surface area contributed by atoms with Gasteiger partial charge in [0.1, 0.15) is 0 Å². The number of carbonyl (C=O) groups is 2. The highest BCUT2D eigenvalue weighted by Gasteiger charge is 2.36. The smallest absolute Gasteiger partial charge is 0.299 e. The third-order valence-electron chi connectivity index (χ3n) is 2.53. The molecule has 0 saturated carbocycles. The molecule has 0 bridgehead atoms. The summed E-state index contributed by atoms with van der Waals surface area (Å²) in [5, 5.41) is 0. The SMILES string of the molecule is CSCCN1C(=O)C(=O)c2cc(F)c(F)cc21. The number of nitrogens with zero attached hydrogens (tertiary/aromatic N) is 1. The number of amides is 1. The molecule has 1 aliphatic rings. The number of thioether (sulfide) groups is 1. The third kappa shape index (κ3) is 1.93. The van der Waals surface area contributed by atoms with Crippen LogP contribution in [0.3, 0.4) is 0 Å². The van der Waals surface area contributed by atoms with Crippen molar-refractivity contribution in [2.45, 2.75) is 0 Å². The van der Waals surface area contributed by atoms with Crippen molar-refractivity contribution in [3.8, 4) is 0 Å². The number of Topliss-reactive ketones (excluding diaryl/α,β-unsaturated/α-hetero) is 1. The van der Waals surface area contributed by atoms with Crippen molar-refractivity contribution in [1.82, 2.24) is 0 Å². The first-order valence-corrected chi connectivity index (χ1v) is 6.30. The summed E-state index contributed by atoms with van der Waals surface area (Å²) in [5.74, 6) is -3.05. The Balaban J connectivity index is 2.45. The number of benzene rings is 1. The first-order chi connectivity index (χ1) is 8.06. The molecular weight excluding hydrogens is 248 g/mol. The van der Waals surface area contributed by atoms with E-state index in [0.717, 1.165) is 12.1 Å². The van der Waals surface area contributed by atoms with Crippen molar-refractivity contribution in [2.75, 3.05) is 23.5 Å². The molecule has 1 aliphatic heterocycles. The van der Waals surface area contributed by atoms with Crippen LogP contribution < -0.4 is 4.90 Å². The van der Waals surface area contributed by atoms with E-state index in [1.807, 2.05) is 6.26 Å². The topological polar surface area (TPSA) is 37.4 Å². The van der Waals surface area contributed by atoms with Crippen LogP contribution in [0.5, 0.6) is 0 Å². The van der Waals surface area contributed by atoms with Gasteiger partial charge in [-0.05, 0) is 12.3 Å². The lowest BCUT2D eigenvalue weighted by molar-refractivity contribution is -0.114. The molecule has 6 heteroatoms. The molecule has 0 spiro atoms. The molecule has 1 aromatic carbocycles. The Labute approximate surface area is 101 Å². The summed E-state index contributed by atoms with van der Waals surface area (Å²) in [5.41, 5.74) is 0.1000. The van der Waals surface area contributed by atoms with Crippen molar-refractivity contribution in [1.29, 1.82) is 0 Å². The lowest BCUT2D eigenvalue weighted by Gasteiger charge is -2.15. The molecule has 0 saturated heterocycles. The summed E-state index contributed by atoms with van der Waals surface area (Å²) in [6.45, 7) is 0.309. The Morgan fingerprint density at radius 2 is 1.88 bits per heavy atom. The average molecular weight is 257 g/mol. The highest BCUT2D eigenvalue weighted by molar-refractivity contribution is 7.98. The van der Waals surface area contributed by atoms with E-state index < -0.39 is 23.3 Å². The highest BCUT2D eigenvalue weighted by Crippen LogP contribution is 2.30. The fourth-order valence-corrected chi connectivity index (χ4v) is 2.06. The number of halogens is 2. The van der Waals surface area contributed by atoms with Crippen LogP contribution in [0, 0.1) is 11.6 Å². The lowest BCUT2D eigenvalue weighted by atomic mass is 10.1. The fourth-order valence-electron chi connectivity index (χ4n) is 1.69. The first kappa shape index (κ1) is 12.0. The van der Waals surface area contributed by atoms with Gasteiger partial charge in [0, 0.05) is 18.4 Å². The number of ketones is 1. The number of hydrogen-bond acceptors (Lipinski definition) is 3. The van der Waals surface area contributed by atoms with Crippen LogP contribution in [0.1, 0.15) is 10.4 Å². The largest absolute Gasteiger partial charge is 0.304 e. The zero-order chi connectivity index (χ0) is 12.6. The van der Waals surface area contributed by atoms with E-state index in [4.69, 9.17) is 0 Å². The molecule has 90 valence electrons. The molecule has 0 radical (unpaired) electrons. The molecule has 1 aromatic rings. The summed E-state index contributed by atoms with van der Waals surface area (Å²) >= 11 is 1.50. The van der Waals surface area contributed by atoms with E-state index in [0.29, 0.717) is 12.3 Å². The Kier molecular flexibility index (Phi) is 3.15. The standard InChI is InChI=1S/C11H9F2NO2S/c1-17-3-2-14-9-5-8(13)7(12)4-6(9)10(15)11(14)16/h4-5H,2-3H2,1H3. The maximum Gasteiger partial charge on any atom is 0.299 e. The van der Waals surface area contributed by atoms with Gasteiger partial charge in [0.15, 0.2) is 11.6 Å². The number of fused-ring (bicyclic) bond motifs is 1. The molecule has 0 N–H and O–H groups in total.